The third-order valence-corrected chi connectivity index (χ3v) is 4.87. The van der Waals surface area contributed by atoms with Gasteiger partial charge in [-0.25, -0.2) is 0 Å². The first-order valence-electron chi connectivity index (χ1n) is 7.77. The number of esters is 1. The Morgan fingerprint density at radius 1 is 1.38 bits per heavy atom. The molecule has 2 rings (SSSR count). The van der Waals surface area contributed by atoms with E-state index in [-0.39, 0.29) is 12.0 Å². The number of hydrogen-bond donors (Lipinski definition) is 0. The maximum absolute atomic E-state index is 12.1. The molecule has 116 valence electrons. The maximum atomic E-state index is 12.1. The van der Waals surface area contributed by atoms with E-state index in [9.17, 15) is 4.79 Å². The molecule has 1 aliphatic heterocycles. The van der Waals surface area contributed by atoms with Crippen LogP contribution in [0.25, 0.3) is 0 Å². The number of nitrogens with zero attached hydrogens (tertiary/aromatic N) is 1. The molecule has 21 heavy (non-hydrogen) atoms. The molecule has 3 nitrogen and oxygen atoms in total. The quantitative estimate of drug-likeness (QED) is 0.578. The van der Waals surface area contributed by atoms with Gasteiger partial charge in [0.2, 0.25) is 0 Å². The summed E-state index contributed by atoms with van der Waals surface area (Å²) in [6.45, 7) is 4.22. The average molecular weight is 354 g/mol. The summed E-state index contributed by atoms with van der Waals surface area (Å²) in [4.78, 5) is 14.4. The number of piperidine rings is 1. The van der Waals surface area contributed by atoms with Crippen LogP contribution in [0.2, 0.25) is 0 Å². The number of ether oxygens (including phenoxy) is 1. The predicted octanol–water partition coefficient (Wildman–Crippen LogP) is 3.58. The van der Waals surface area contributed by atoms with E-state index in [1.54, 1.807) is 0 Å². The monoisotopic (exact) mass is 353 g/mol. The van der Waals surface area contributed by atoms with E-state index in [1.165, 1.54) is 12.0 Å². The molecule has 0 spiro atoms. The number of carbonyl (C=O) groups is 1. The fourth-order valence-electron chi connectivity index (χ4n) is 2.97. The van der Waals surface area contributed by atoms with Crippen molar-refractivity contribution < 1.29 is 9.53 Å². The van der Waals surface area contributed by atoms with Crippen LogP contribution in [0, 0.1) is 0 Å². The number of hydrogen-bond acceptors (Lipinski definition) is 3. The van der Waals surface area contributed by atoms with Crippen LogP contribution in [-0.2, 0) is 9.53 Å². The van der Waals surface area contributed by atoms with Crippen molar-refractivity contribution in [1.82, 2.24) is 4.90 Å². The van der Waals surface area contributed by atoms with Crippen molar-refractivity contribution >= 4 is 21.9 Å². The standard InChI is InChI=1S/C17H24BrNO2/c1-2-21-17(20)16-10-6-7-11-19(16)13-15(12-18)14-8-4-3-5-9-14/h3-5,8-9,15-16H,2,6-7,10-13H2,1H3. The molecule has 0 aromatic heterocycles. The Kier molecular flexibility index (Phi) is 6.71. The second-order valence-corrected chi connectivity index (χ2v) is 6.17. The van der Waals surface area contributed by atoms with Gasteiger partial charge in [0.05, 0.1) is 6.61 Å². The molecule has 1 fully saturated rings. The van der Waals surface area contributed by atoms with Crippen molar-refractivity contribution in [2.24, 2.45) is 0 Å². The minimum absolute atomic E-state index is 0.0569. The van der Waals surface area contributed by atoms with Gasteiger partial charge in [0.1, 0.15) is 6.04 Å². The van der Waals surface area contributed by atoms with Crippen LogP contribution < -0.4 is 0 Å². The summed E-state index contributed by atoms with van der Waals surface area (Å²) >= 11 is 3.62. The summed E-state index contributed by atoms with van der Waals surface area (Å²) in [6, 6.07) is 10.4. The van der Waals surface area contributed by atoms with E-state index in [0.717, 1.165) is 31.3 Å². The van der Waals surface area contributed by atoms with E-state index in [4.69, 9.17) is 4.74 Å². The highest BCUT2D eigenvalue weighted by Gasteiger charge is 2.31. The largest absolute Gasteiger partial charge is 0.465 e. The van der Waals surface area contributed by atoms with Gasteiger partial charge in [-0.15, -0.1) is 0 Å². The molecule has 1 saturated heterocycles. The van der Waals surface area contributed by atoms with Gasteiger partial charge in [0.25, 0.3) is 0 Å². The lowest BCUT2D eigenvalue weighted by Gasteiger charge is -2.36. The van der Waals surface area contributed by atoms with Crippen molar-refractivity contribution in [1.29, 1.82) is 0 Å². The number of carbonyl (C=O) groups excluding carboxylic acids is 1. The summed E-state index contributed by atoms with van der Waals surface area (Å²) < 4.78 is 5.24. The molecule has 2 unspecified atom stereocenters. The van der Waals surface area contributed by atoms with E-state index in [2.05, 4.69) is 45.1 Å². The van der Waals surface area contributed by atoms with Crippen molar-refractivity contribution in [3.05, 3.63) is 35.9 Å². The van der Waals surface area contributed by atoms with Crippen molar-refractivity contribution in [2.45, 2.75) is 38.1 Å². The van der Waals surface area contributed by atoms with Gasteiger partial charge in [0.15, 0.2) is 0 Å². The normalized spacial score (nSPS) is 21.0. The van der Waals surface area contributed by atoms with Gasteiger partial charge in [0, 0.05) is 17.8 Å². The van der Waals surface area contributed by atoms with Crippen LogP contribution in [0.3, 0.4) is 0 Å². The molecule has 0 bridgehead atoms. The van der Waals surface area contributed by atoms with Crippen molar-refractivity contribution in [3.8, 4) is 0 Å². The molecule has 0 N–H and O–H groups in total. The van der Waals surface area contributed by atoms with Gasteiger partial charge >= 0.3 is 5.97 Å². The topological polar surface area (TPSA) is 29.5 Å². The van der Waals surface area contributed by atoms with Crippen LogP contribution >= 0.6 is 15.9 Å². The SMILES string of the molecule is CCOC(=O)C1CCCCN1CC(CBr)c1ccccc1. The Morgan fingerprint density at radius 2 is 2.14 bits per heavy atom. The van der Waals surface area contributed by atoms with Crippen molar-refractivity contribution in [3.63, 3.8) is 0 Å². The van der Waals surface area contributed by atoms with Gasteiger partial charge in [-0.1, -0.05) is 52.7 Å². The number of alkyl halides is 1. The van der Waals surface area contributed by atoms with Crippen molar-refractivity contribution in [2.75, 3.05) is 25.0 Å². The minimum atomic E-state index is -0.0658. The molecule has 1 heterocycles. The van der Waals surface area contributed by atoms with Gasteiger partial charge < -0.3 is 4.74 Å². The molecule has 4 heteroatoms. The first-order valence-corrected chi connectivity index (χ1v) is 8.90. The molecule has 0 aliphatic carbocycles. The average Bonchev–Trinajstić information content (AvgIpc) is 2.54. The van der Waals surface area contributed by atoms with E-state index < -0.39 is 0 Å². The number of benzene rings is 1. The lowest BCUT2D eigenvalue weighted by Crippen LogP contribution is -2.47. The summed E-state index contributed by atoms with van der Waals surface area (Å²) in [5.41, 5.74) is 1.32. The van der Waals surface area contributed by atoms with E-state index in [1.807, 2.05) is 13.0 Å². The molecule has 2 atom stereocenters. The molecule has 1 aromatic rings. The first kappa shape index (κ1) is 16.5. The summed E-state index contributed by atoms with van der Waals surface area (Å²) in [5.74, 6) is 0.347. The summed E-state index contributed by atoms with van der Waals surface area (Å²) in [7, 11) is 0. The number of halogens is 1. The van der Waals surface area contributed by atoms with E-state index in [0.29, 0.717) is 12.5 Å². The maximum Gasteiger partial charge on any atom is 0.323 e. The van der Waals surface area contributed by atoms with Crippen LogP contribution in [0.4, 0.5) is 0 Å². The molecule has 0 radical (unpaired) electrons. The van der Waals surface area contributed by atoms with Crippen LogP contribution in [0.1, 0.15) is 37.7 Å². The zero-order chi connectivity index (χ0) is 15.1. The highest BCUT2D eigenvalue weighted by atomic mass is 79.9. The Labute approximate surface area is 135 Å². The second kappa shape index (κ2) is 8.54. The number of rotatable bonds is 6. The molecule has 1 aliphatic rings. The molecule has 0 saturated carbocycles. The summed E-state index contributed by atoms with van der Waals surface area (Å²) in [5, 5.41) is 0.906. The third-order valence-electron chi connectivity index (χ3n) is 4.08. The first-order chi connectivity index (χ1) is 10.3. The van der Waals surface area contributed by atoms with Crippen LogP contribution in [0.5, 0.6) is 0 Å². The smallest absolute Gasteiger partial charge is 0.323 e. The third kappa shape index (κ3) is 4.55. The highest BCUT2D eigenvalue weighted by molar-refractivity contribution is 9.09. The number of likely N-dealkylation sites (tertiary alicyclic amines) is 1. The summed E-state index contributed by atoms with van der Waals surface area (Å²) in [6.07, 6.45) is 3.20. The van der Waals surface area contributed by atoms with Gasteiger partial charge in [-0.05, 0) is 31.9 Å². The zero-order valence-electron chi connectivity index (χ0n) is 12.6. The fraction of sp³-hybridized carbons (Fsp3) is 0.588. The Balaban J connectivity index is 2.05. The van der Waals surface area contributed by atoms with E-state index >= 15 is 0 Å². The van der Waals surface area contributed by atoms with Gasteiger partial charge in [-0.2, -0.15) is 0 Å². The fourth-order valence-corrected chi connectivity index (χ4v) is 3.55. The Hall–Kier alpha value is -0.870. The van der Waals surface area contributed by atoms with Gasteiger partial charge in [-0.3, -0.25) is 9.69 Å². The molecular weight excluding hydrogens is 330 g/mol. The van der Waals surface area contributed by atoms with Crippen LogP contribution in [0.15, 0.2) is 30.3 Å². The van der Waals surface area contributed by atoms with Crippen LogP contribution in [-0.4, -0.2) is 41.9 Å². The predicted molar refractivity (Wildman–Crippen MR) is 88.8 cm³/mol. The molecule has 0 amide bonds. The zero-order valence-corrected chi connectivity index (χ0v) is 14.2. The lowest BCUT2D eigenvalue weighted by atomic mass is 9.96. The highest BCUT2D eigenvalue weighted by Crippen LogP contribution is 2.25. The molecular formula is C17H24BrNO2. The molecule has 1 aromatic carbocycles. The minimum Gasteiger partial charge on any atom is -0.465 e. The lowest BCUT2D eigenvalue weighted by molar-refractivity contribution is -0.151. The second-order valence-electron chi connectivity index (χ2n) is 5.52. The Bertz CT molecular complexity index is 438. The Morgan fingerprint density at radius 3 is 2.81 bits per heavy atom.